The third-order valence-electron chi connectivity index (χ3n) is 11.0. The van der Waals surface area contributed by atoms with Gasteiger partial charge in [0.05, 0.1) is 23.9 Å². The summed E-state index contributed by atoms with van der Waals surface area (Å²) < 4.78 is 6.90. The second kappa shape index (κ2) is 21.8. The van der Waals surface area contributed by atoms with Crippen LogP contribution in [0.3, 0.4) is 0 Å². The first-order valence-electron chi connectivity index (χ1n) is 18.8. The Kier molecular flexibility index (Phi) is 19.9. The summed E-state index contributed by atoms with van der Waals surface area (Å²) in [7, 11) is 0. The quantitative estimate of drug-likeness (QED) is 0.0506. The smallest absolute Gasteiger partial charge is 0.310 e. The molecule has 1 heterocycles. The summed E-state index contributed by atoms with van der Waals surface area (Å²) in [5.74, 6) is -12.3. The topological polar surface area (TPSA) is 170 Å². The Labute approximate surface area is 290 Å². The number of aliphatic carboxylic acids is 4. The fraction of sp³-hybridized carbons (Fsp3) is 0.895. The van der Waals surface area contributed by atoms with Gasteiger partial charge in [-0.15, -0.1) is 0 Å². The van der Waals surface area contributed by atoms with Crippen LogP contribution in [0, 0.1) is 34.5 Å². The van der Waals surface area contributed by atoms with Gasteiger partial charge in [-0.3, -0.25) is 19.2 Å². The normalized spacial score (nSPS) is 17.7. The number of carboxylic acids is 4. The number of ether oxygens (including phenoxy) is 1. The SMILES string of the molecule is CCCCCCCCOC(C1CCNCC1)(C(C(=O)O)C(C(=O)O)C(CC(=O)O)C(=O)O)C(C)(C)CCCC(C)(C)CCCCCCC. The highest BCUT2D eigenvalue weighted by Crippen LogP contribution is 2.55. The molecule has 10 nitrogen and oxygen atoms in total. The van der Waals surface area contributed by atoms with E-state index in [0.717, 1.165) is 57.8 Å². The molecular formula is C38H69NO9. The summed E-state index contributed by atoms with van der Waals surface area (Å²) in [5.41, 5.74) is -2.36. The molecule has 4 atom stereocenters. The van der Waals surface area contributed by atoms with Gasteiger partial charge in [0.15, 0.2) is 0 Å². The van der Waals surface area contributed by atoms with Gasteiger partial charge in [-0.1, -0.05) is 112 Å². The molecule has 0 spiro atoms. The van der Waals surface area contributed by atoms with Crippen molar-refractivity contribution in [3.05, 3.63) is 0 Å². The lowest BCUT2D eigenvalue weighted by Gasteiger charge is -2.56. The second-order valence-corrected chi connectivity index (χ2v) is 15.7. The maximum absolute atomic E-state index is 13.5. The van der Waals surface area contributed by atoms with E-state index in [1.807, 2.05) is 13.8 Å². The molecule has 4 unspecified atom stereocenters. The average molecular weight is 684 g/mol. The summed E-state index contributed by atoms with van der Waals surface area (Å²) in [6, 6.07) is 0. The lowest BCUT2D eigenvalue weighted by molar-refractivity contribution is -0.227. The molecule has 0 aliphatic carbocycles. The molecule has 1 aliphatic heterocycles. The summed E-state index contributed by atoms with van der Waals surface area (Å²) in [4.78, 5) is 50.9. The number of hydrogen-bond donors (Lipinski definition) is 5. The molecule has 0 aromatic heterocycles. The molecule has 0 aromatic rings. The van der Waals surface area contributed by atoms with Crippen molar-refractivity contribution < 1.29 is 44.3 Å². The Morgan fingerprint density at radius 3 is 1.71 bits per heavy atom. The van der Waals surface area contributed by atoms with Gasteiger partial charge in [-0.25, -0.2) is 0 Å². The molecule has 280 valence electrons. The van der Waals surface area contributed by atoms with Crippen LogP contribution in [0.15, 0.2) is 0 Å². The lowest BCUT2D eigenvalue weighted by atomic mass is 9.53. The predicted molar refractivity (Wildman–Crippen MR) is 188 cm³/mol. The van der Waals surface area contributed by atoms with Crippen LogP contribution >= 0.6 is 0 Å². The van der Waals surface area contributed by atoms with Gasteiger partial charge in [-0.2, -0.15) is 0 Å². The second-order valence-electron chi connectivity index (χ2n) is 15.7. The van der Waals surface area contributed by atoms with Crippen molar-refractivity contribution in [3.63, 3.8) is 0 Å². The van der Waals surface area contributed by atoms with Crippen molar-refractivity contribution in [1.82, 2.24) is 5.32 Å². The van der Waals surface area contributed by atoms with E-state index >= 15 is 0 Å². The molecule has 48 heavy (non-hydrogen) atoms. The van der Waals surface area contributed by atoms with Crippen LogP contribution in [0.25, 0.3) is 0 Å². The van der Waals surface area contributed by atoms with Gasteiger partial charge in [0.1, 0.15) is 5.92 Å². The number of carbonyl (C=O) groups is 4. The Morgan fingerprint density at radius 2 is 1.21 bits per heavy atom. The number of rotatable bonds is 28. The van der Waals surface area contributed by atoms with Crippen LogP contribution in [-0.2, 0) is 23.9 Å². The van der Waals surface area contributed by atoms with Gasteiger partial charge in [-0.05, 0) is 68.4 Å². The minimum absolute atomic E-state index is 0.0742. The molecule has 0 aromatic carbocycles. The van der Waals surface area contributed by atoms with Crippen LogP contribution in [0.2, 0.25) is 0 Å². The molecule has 5 N–H and O–H groups in total. The molecule has 0 amide bonds. The van der Waals surface area contributed by atoms with Crippen molar-refractivity contribution in [3.8, 4) is 0 Å². The molecule has 1 rings (SSSR count). The number of carboxylic acid groups (broad SMARTS) is 4. The Bertz CT molecular complexity index is 975. The van der Waals surface area contributed by atoms with E-state index in [-0.39, 0.29) is 17.9 Å². The highest BCUT2D eigenvalue weighted by Gasteiger charge is 2.63. The van der Waals surface area contributed by atoms with Crippen LogP contribution in [0.1, 0.15) is 157 Å². The molecule has 1 fully saturated rings. The average Bonchev–Trinajstić information content (AvgIpc) is 3.00. The highest BCUT2D eigenvalue weighted by molar-refractivity contribution is 5.88. The van der Waals surface area contributed by atoms with Crippen molar-refractivity contribution in [2.45, 2.75) is 163 Å². The van der Waals surface area contributed by atoms with Crippen LogP contribution in [0.4, 0.5) is 0 Å². The van der Waals surface area contributed by atoms with Gasteiger partial charge in [0, 0.05) is 6.61 Å². The van der Waals surface area contributed by atoms with Crippen LogP contribution in [0.5, 0.6) is 0 Å². The minimum atomic E-state index is -2.01. The van der Waals surface area contributed by atoms with E-state index in [2.05, 4.69) is 33.0 Å². The monoisotopic (exact) mass is 683 g/mol. The third-order valence-corrected chi connectivity index (χ3v) is 11.0. The summed E-state index contributed by atoms with van der Waals surface area (Å²) in [6.07, 6.45) is 15.3. The molecule has 0 radical (unpaired) electrons. The van der Waals surface area contributed by atoms with Crippen molar-refractivity contribution in [2.24, 2.45) is 34.5 Å². The molecule has 10 heteroatoms. The maximum atomic E-state index is 13.5. The molecule has 1 saturated heterocycles. The van der Waals surface area contributed by atoms with Crippen LogP contribution in [-0.4, -0.2) is 69.6 Å². The number of unbranched alkanes of at least 4 members (excludes halogenated alkanes) is 9. The Morgan fingerprint density at radius 1 is 0.688 bits per heavy atom. The predicted octanol–water partition coefficient (Wildman–Crippen LogP) is 8.26. The maximum Gasteiger partial charge on any atom is 0.310 e. The van der Waals surface area contributed by atoms with E-state index in [4.69, 9.17) is 4.74 Å². The Balaban J connectivity index is 3.67. The molecular weight excluding hydrogens is 614 g/mol. The number of piperidine rings is 1. The van der Waals surface area contributed by atoms with Gasteiger partial charge in [0.2, 0.25) is 0 Å². The van der Waals surface area contributed by atoms with E-state index in [0.29, 0.717) is 38.8 Å². The zero-order valence-corrected chi connectivity index (χ0v) is 31.0. The highest BCUT2D eigenvalue weighted by atomic mass is 16.5. The zero-order chi connectivity index (χ0) is 36.4. The third kappa shape index (κ3) is 13.6. The van der Waals surface area contributed by atoms with E-state index in [1.165, 1.54) is 25.7 Å². The first-order chi connectivity index (χ1) is 22.6. The van der Waals surface area contributed by atoms with Gasteiger partial charge < -0.3 is 30.5 Å². The summed E-state index contributed by atoms with van der Waals surface area (Å²) in [6.45, 7) is 14.2. The van der Waals surface area contributed by atoms with E-state index < -0.39 is 59.1 Å². The minimum Gasteiger partial charge on any atom is -0.481 e. The molecule has 0 bridgehead atoms. The van der Waals surface area contributed by atoms with Crippen molar-refractivity contribution >= 4 is 23.9 Å². The lowest BCUT2D eigenvalue weighted by Crippen LogP contribution is -2.65. The van der Waals surface area contributed by atoms with Crippen LogP contribution < -0.4 is 5.32 Å². The molecule has 0 saturated carbocycles. The van der Waals surface area contributed by atoms with E-state index in [9.17, 15) is 39.6 Å². The summed E-state index contributed by atoms with van der Waals surface area (Å²) >= 11 is 0. The zero-order valence-electron chi connectivity index (χ0n) is 31.0. The van der Waals surface area contributed by atoms with Crippen molar-refractivity contribution in [2.75, 3.05) is 19.7 Å². The molecule has 1 aliphatic rings. The first kappa shape index (κ1) is 43.8. The number of hydrogen-bond acceptors (Lipinski definition) is 6. The Hall–Kier alpha value is -2.20. The van der Waals surface area contributed by atoms with Gasteiger partial charge in [0.25, 0.3) is 0 Å². The fourth-order valence-electron chi connectivity index (χ4n) is 8.25. The summed E-state index contributed by atoms with van der Waals surface area (Å²) in [5, 5.41) is 44.7. The largest absolute Gasteiger partial charge is 0.481 e. The fourth-order valence-corrected chi connectivity index (χ4v) is 8.25. The standard InChI is InChI=1S/C38H69NO9/c1-7-9-11-13-15-17-26-48-38(28-19-24-39-25-20-28,32(35(46)47)31(34(44)45)29(33(42)43)27-30(40)41)37(5,6)23-18-22-36(3,4)21-16-14-12-10-8-2/h28-29,31-32,39H,7-27H2,1-6H3,(H,40,41)(H,42,43)(H,44,45)(H,46,47). The van der Waals surface area contributed by atoms with Crippen molar-refractivity contribution in [1.29, 1.82) is 0 Å². The van der Waals surface area contributed by atoms with Gasteiger partial charge >= 0.3 is 23.9 Å². The number of nitrogens with one attached hydrogen (secondary N) is 1. The first-order valence-corrected chi connectivity index (χ1v) is 18.8. The van der Waals surface area contributed by atoms with E-state index in [1.54, 1.807) is 0 Å².